The molecule has 0 aliphatic rings. The number of aryl methyl sites for hydroxylation is 1. The van der Waals surface area contributed by atoms with Crippen molar-refractivity contribution in [3.63, 3.8) is 0 Å². The zero-order valence-corrected chi connectivity index (χ0v) is 12.1. The van der Waals surface area contributed by atoms with E-state index in [0.29, 0.717) is 18.4 Å². The van der Waals surface area contributed by atoms with Crippen molar-refractivity contribution in [2.75, 3.05) is 0 Å². The van der Waals surface area contributed by atoms with E-state index in [0.717, 1.165) is 10.9 Å². The van der Waals surface area contributed by atoms with Crippen LogP contribution in [0.25, 0.3) is 0 Å². The van der Waals surface area contributed by atoms with Crippen LogP contribution in [0.3, 0.4) is 0 Å². The fourth-order valence-electron chi connectivity index (χ4n) is 2.03. The van der Waals surface area contributed by atoms with Gasteiger partial charge in [0, 0.05) is 10.9 Å². The summed E-state index contributed by atoms with van der Waals surface area (Å²) < 4.78 is 14.4. The molecule has 0 bridgehead atoms. The molecule has 2 aromatic carbocycles. The summed E-state index contributed by atoms with van der Waals surface area (Å²) in [4.78, 5) is 0. The van der Waals surface area contributed by atoms with Crippen LogP contribution in [0.1, 0.15) is 17.5 Å². The highest BCUT2D eigenvalue weighted by Crippen LogP contribution is 2.18. The third kappa shape index (κ3) is 4.44. The van der Waals surface area contributed by atoms with E-state index in [1.807, 2.05) is 30.3 Å². The van der Waals surface area contributed by atoms with Gasteiger partial charge in [-0.1, -0.05) is 46.3 Å². The van der Waals surface area contributed by atoms with Gasteiger partial charge in [0.15, 0.2) is 0 Å². The molecular weight excluding hydrogens is 307 g/mol. The lowest BCUT2D eigenvalue weighted by atomic mass is 10.0. The van der Waals surface area contributed by atoms with Gasteiger partial charge in [-0.25, -0.2) is 4.39 Å². The molecule has 0 fully saturated rings. The summed E-state index contributed by atoms with van der Waals surface area (Å²) in [5, 5.41) is 10.00. The zero-order chi connectivity index (χ0) is 13.7. The molecule has 2 aromatic rings. The standard InChI is InChI=1S/C16H16BrFO/c17-14-7-9-16(18)13(10-14)11-15(19)8-6-12-4-2-1-3-5-12/h1-5,7,9-10,15,19H,6,8,11H2. The van der Waals surface area contributed by atoms with Gasteiger partial charge in [-0.15, -0.1) is 0 Å². The molecule has 0 amide bonds. The van der Waals surface area contributed by atoms with Gasteiger partial charge in [-0.3, -0.25) is 0 Å². The first-order chi connectivity index (χ1) is 9.15. The maximum atomic E-state index is 13.6. The van der Waals surface area contributed by atoms with Gasteiger partial charge in [0.1, 0.15) is 5.82 Å². The Morgan fingerprint density at radius 2 is 1.84 bits per heavy atom. The minimum Gasteiger partial charge on any atom is -0.393 e. The van der Waals surface area contributed by atoms with E-state index in [4.69, 9.17) is 0 Å². The lowest BCUT2D eigenvalue weighted by Gasteiger charge is -2.11. The molecule has 0 heterocycles. The van der Waals surface area contributed by atoms with Crippen LogP contribution < -0.4 is 0 Å². The van der Waals surface area contributed by atoms with Crippen LogP contribution >= 0.6 is 15.9 Å². The number of aliphatic hydroxyl groups is 1. The van der Waals surface area contributed by atoms with Crippen molar-refractivity contribution in [2.24, 2.45) is 0 Å². The highest BCUT2D eigenvalue weighted by molar-refractivity contribution is 9.10. The Hall–Kier alpha value is -1.19. The molecule has 0 aliphatic heterocycles. The molecule has 0 aromatic heterocycles. The fraction of sp³-hybridized carbons (Fsp3) is 0.250. The Balaban J connectivity index is 1.90. The van der Waals surface area contributed by atoms with Gasteiger partial charge in [0.05, 0.1) is 6.10 Å². The summed E-state index contributed by atoms with van der Waals surface area (Å²) in [6.07, 6.45) is 1.26. The minimum atomic E-state index is -0.524. The van der Waals surface area contributed by atoms with Crippen LogP contribution in [0.4, 0.5) is 4.39 Å². The summed E-state index contributed by atoms with van der Waals surface area (Å²) in [7, 11) is 0. The van der Waals surface area contributed by atoms with Crippen LogP contribution in [0.5, 0.6) is 0 Å². The highest BCUT2D eigenvalue weighted by Gasteiger charge is 2.10. The Bertz CT molecular complexity index is 528. The molecule has 0 radical (unpaired) electrons. The smallest absolute Gasteiger partial charge is 0.126 e. The number of halogens is 2. The molecule has 0 saturated heterocycles. The van der Waals surface area contributed by atoms with E-state index in [1.165, 1.54) is 11.6 Å². The highest BCUT2D eigenvalue weighted by atomic mass is 79.9. The molecule has 0 spiro atoms. The van der Waals surface area contributed by atoms with Gasteiger partial charge in [-0.05, 0) is 42.2 Å². The van der Waals surface area contributed by atoms with E-state index in [9.17, 15) is 9.50 Å². The second kappa shape index (κ2) is 6.83. The number of hydrogen-bond donors (Lipinski definition) is 1. The largest absolute Gasteiger partial charge is 0.393 e. The normalized spacial score (nSPS) is 12.4. The quantitative estimate of drug-likeness (QED) is 0.877. The Morgan fingerprint density at radius 3 is 2.58 bits per heavy atom. The second-order valence-corrected chi connectivity index (χ2v) is 5.53. The van der Waals surface area contributed by atoms with Crippen molar-refractivity contribution < 1.29 is 9.50 Å². The minimum absolute atomic E-state index is 0.262. The van der Waals surface area contributed by atoms with Gasteiger partial charge in [-0.2, -0.15) is 0 Å². The van der Waals surface area contributed by atoms with Crippen molar-refractivity contribution in [3.05, 3.63) is 69.9 Å². The predicted molar refractivity (Wildman–Crippen MR) is 78.6 cm³/mol. The summed E-state index contributed by atoms with van der Waals surface area (Å²) in [5.74, 6) is -0.262. The number of benzene rings is 2. The second-order valence-electron chi connectivity index (χ2n) is 4.62. The molecule has 1 unspecified atom stereocenters. The van der Waals surface area contributed by atoms with Crippen molar-refractivity contribution in [1.82, 2.24) is 0 Å². The molecule has 19 heavy (non-hydrogen) atoms. The molecule has 0 aliphatic carbocycles. The topological polar surface area (TPSA) is 20.2 Å². The first-order valence-corrected chi connectivity index (χ1v) is 7.10. The van der Waals surface area contributed by atoms with Gasteiger partial charge in [0.2, 0.25) is 0 Å². The van der Waals surface area contributed by atoms with Gasteiger partial charge >= 0.3 is 0 Å². The molecule has 0 saturated carbocycles. The third-order valence-corrected chi connectivity index (χ3v) is 3.57. The fourth-order valence-corrected chi connectivity index (χ4v) is 2.44. The van der Waals surface area contributed by atoms with Crippen LogP contribution in [0.15, 0.2) is 53.0 Å². The van der Waals surface area contributed by atoms with Crippen LogP contribution in [-0.2, 0) is 12.8 Å². The maximum absolute atomic E-state index is 13.6. The maximum Gasteiger partial charge on any atom is 0.126 e. The monoisotopic (exact) mass is 322 g/mol. The number of hydrogen-bond acceptors (Lipinski definition) is 1. The lowest BCUT2D eigenvalue weighted by Crippen LogP contribution is -2.12. The van der Waals surface area contributed by atoms with E-state index in [1.54, 1.807) is 12.1 Å². The van der Waals surface area contributed by atoms with E-state index in [-0.39, 0.29) is 5.82 Å². The SMILES string of the molecule is OC(CCc1ccccc1)Cc1cc(Br)ccc1F. The van der Waals surface area contributed by atoms with Crippen molar-refractivity contribution in [2.45, 2.75) is 25.4 Å². The summed E-state index contributed by atoms with van der Waals surface area (Å²) in [6.45, 7) is 0. The number of rotatable bonds is 5. The average molecular weight is 323 g/mol. The Kier molecular flexibility index (Phi) is 5.11. The van der Waals surface area contributed by atoms with Gasteiger partial charge in [0.25, 0.3) is 0 Å². The van der Waals surface area contributed by atoms with Crippen molar-refractivity contribution in [1.29, 1.82) is 0 Å². The van der Waals surface area contributed by atoms with Crippen LogP contribution in [0, 0.1) is 5.82 Å². The molecule has 1 atom stereocenters. The zero-order valence-electron chi connectivity index (χ0n) is 10.5. The molecular formula is C16H16BrFO. The molecule has 1 nitrogen and oxygen atoms in total. The summed E-state index contributed by atoms with van der Waals surface area (Å²) in [6, 6.07) is 14.8. The van der Waals surface area contributed by atoms with Crippen molar-refractivity contribution in [3.8, 4) is 0 Å². The number of aliphatic hydroxyl groups excluding tert-OH is 1. The van der Waals surface area contributed by atoms with E-state index in [2.05, 4.69) is 15.9 Å². The Morgan fingerprint density at radius 1 is 1.11 bits per heavy atom. The van der Waals surface area contributed by atoms with Crippen molar-refractivity contribution >= 4 is 15.9 Å². The molecule has 2 rings (SSSR count). The average Bonchev–Trinajstić information content (AvgIpc) is 2.42. The Labute approximate surface area is 121 Å². The van der Waals surface area contributed by atoms with Crippen LogP contribution in [-0.4, -0.2) is 11.2 Å². The first-order valence-electron chi connectivity index (χ1n) is 6.31. The molecule has 1 N–H and O–H groups in total. The van der Waals surface area contributed by atoms with E-state index >= 15 is 0 Å². The van der Waals surface area contributed by atoms with Crippen LogP contribution in [0.2, 0.25) is 0 Å². The van der Waals surface area contributed by atoms with Gasteiger partial charge < -0.3 is 5.11 Å². The first kappa shape index (κ1) is 14.2. The predicted octanol–water partition coefficient (Wildman–Crippen LogP) is 4.12. The molecule has 3 heteroatoms. The summed E-state index contributed by atoms with van der Waals surface area (Å²) in [5.41, 5.74) is 1.74. The third-order valence-electron chi connectivity index (χ3n) is 3.07. The van der Waals surface area contributed by atoms with E-state index < -0.39 is 6.10 Å². The summed E-state index contributed by atoms with van der Waals surface area (Å²) >= 11 is 3.31. The molecule has 100 valence electrons. The lowest BCUT2D eigenvalue weighted by molar-refractivity contribution is 0.164.